The Labute approximate surface area is 170 Å². The molecule has 0 saturated carbocycles. The molecule has 5 rings (SSSR count). The number of aromatic nitrogens is 3. The van der Waals surface area contributed by atoms with Crippen LogP contribution < -0.4 is 10.9 Å². The smallest absolute Gasteiger partial charge is 0.257 e. The lowest BCUT2D eigenvalue weighted by atomic mass is 9.81. The Balaban J connectivity index is 1.36. The number of fused-ring (bicyclic) bond motifs is 1. The molecule has 2 N–H and O–H groups in total. The first-order valence-corrected chi connectivity index (χ1v) is 10.3. The zero-order valence-electron chi connectivity index (χ0n) is 16.6. The Morgan fingerprint density at radius 1 is 1.21 bits per heavy atom. The van der Waals surface area contributed by atoms with Gasteiger partial charge in [-0.25, -0.2) is 9.50 Å². The summed E-state index contributed by atoms with van der Waals surface area (Å²) >= 11 is 0. The van der Waals surface area contributed by atoms with E-state index in [1.807, 2.05) is 17.9 Å². The van der Waals surface area contributed by atoms with Crippen LogP contribution in [0.25, 0.3) is 5.65 Å². The second-order valence-electron chi connectivity index (χ2n) is 8.08. The molecule has 150 valence electrons. The summed E-state index contributed by atoms with van der Waals surface area (Å²) < 4.78 is 1.74. The van der Waals surface area contributed by atoms with Gasteiger partial charge in [0, 0.05) is 43.9 Å². The van der Waals surface area contributed by atoms with Gasteiger partial charge in [0.15, 0.2) is 5.65 Å². The van der Waals surface area contributed by atoms with Gasteiger partial charge in [0.1, 0.15) is 0 Å². The minimum absolute atomic E-state index is 0.0549. The zero-order valence-corrected chi connectivity index (χ0v) is 16.6. The van der Waals surface area contributed by atoms with Crippen LogP contribution in [-0.4, -0.2) is 51.1 Å². The number of likely N-dealkylation sites (tertiary alicyclic amines) is 1. The summed E-state index contributed by atoms with van der Waals surface area (Å²) in [5.74, 6) is 0.883. The normalized spacial score (nSPS) is 24.9. The topological polar surface area (TPSA) is 74.6 Å². The maximum absolute atomic E-state index is 13.3. The number of hydrogen-bond donors (Lipinski definition) is 2. The largest absolute Gasteiger partial charge is 0.338 e. The zero-order chi connectivity index (χ0) is 19.8. The lowest BCUT2D eigenvalue weighted by Crippen LogP contribution is -2.48. The van der Waals surface area contributed by atoms with Crippen molar-refractivity contribution in [1.82, 2.24) is 30.3 Å². The molecule has 0 aliphatic carbocycles. The van der Waals surface area contributed by atoms with Gasteiger partial charge in [0.25, 0.3) is 5.91 Å². The molecule has 4 heterocycles. The van der Waals surface area contributed by atoms with Gasteiger partial charge < -0.3 is 4.90 Å². The fourth-order valence-electron chi connectivity index (χ4n) is 4.84. The van der Waals surface area contributed by atoms with E-state index in [-0.39, 0.29) is 5.91 Å². The number of aryl methyl sites for hydroxylation is 1. The first-order valence-electron chi connectivity index (χ1n) is 10.3. The molecule has 2 aromatic heterocycles. The minimum Gasteiger partial charge on any atom is -0.338 e. The van der Waals surface area contributed by atoms with Crippen LogP contribution in [0.15, 0.2) is 48.8 Å². The van der Waals surface area contributed by atoms with Gasteiger partial charge >= 0.3 is 0 Å². The molecule has 2 aliphatic heterocycles. The van der Waals surface area contributed by atoms with Crippen LogP contribution in [0.5, 0.6) is 0 Å². The number of carbonyl (C=O) groups is 1. The van der Waals surface area contributed by atoms with E-state index < -0.39 is 0 Å². The summed E-state index contributed by atoms with van der Waals surface area (Å²) in [4.78, 5) is 19.7. The van der Waals surface area contributed by atoms with Gasteiger partial charge in [-0.2, -0.15) is 5.10 Å². The third-order valence-electron chi connectivity index (χ3n) is 6.39. The number of carbonyl (C=O) groups excluding carboxylic acids is 1. The third-order valence-corrected chi connectivity index (χ3v) is 6.39. The van der Waals surface area contributed by atoms with E-state index in [4.69, 9.17) is 0 Å². The first-order chi connectivity index (χ1) is 14.2. The summed E-state index contributed by atoms with van der Waals surface area (Å²) in [6.45, 7) is 4.41. The molecule has 3 aromatic rings. The van der Waals surface area contributed by atoms with Gasteiger partial charge in [-0.3, -0.25) is 15.6 Å². The van der Waals surface area contributed by atoms with Crippen LogP contribution in [0.4, 0.5) is 0 Å². The number of benzene rings is 1. The Kier molecular flexibility index (Phi) is 4.77. The molecule has 0 bridgehead atoms. The van der Waals surface area contributed by atoms with E-state index in [9.17, 15) is 4.79 Å². The number of nitrogens with one attached hydrogen (secondary N) is 2. The Morgan fingerprint density at radius 3 is 2.93 bits per heavy atom. The van der Waals surface area contributed by atoms with E-state index in [2.05, 4.69) is 51.3 Å². The lowest BCUT2D eigenvalue weighted by molar-refractivity contribution is 0.0642. The number of nitrogens with zero attached hydrogens (tertiary/aromatic N) is 4. The second-order valence-corrected chi connectivity index (χ2v) is 8.08. The molecule has 7 heteroatoms. The molecular formula is C22H26N6O. The van der Waals surface area contributed by atoms with Crippen molar-refractivity contribution >= 4 is 11.6 Å². The fourth-order valence-corrected chi connectivity index (χ4v) is 4.84. The van der Waals surface area contributed by atoms with Crippen molar-refractivity contribution in [3.8, 4) is 0 Å². The van der Waals surface area contributed by atoms with Crippen LogP contribution in [0.2, 0.25) is 0 Å². The average molecular weight is 390 g/mol. The standard InChI is InChI=1S/C22H26N6O/c1-15-18(12-23-20-9-10-25-28(15)20)22(29)27-11-5-8-17(14-27)21-19(13-24-26-21)16-6-3-2-4-7-16/h2-4,6-7,9-10,12,17,19,21,24,26H,5,8,11,13-14H2,1H3. The van der Waals surface area contributed by atoms with Crippen molar-refractivity contribution in [3.63, 3.8) is 0 Å². The third kappa shape index (κ3) is 3.30. The van der Waals surface area contributed by atoms with Crippen molar-refractivity contribution in [3.05, 3.63) is 65.6 Å². The lowest BCUT2D eigenvalue weighted by Gasteiger charge is -2.37. The first kappa shape index (κ1) is 18.3. The molecule has 3 unspecified atom stereocenters. The summed E-state index contributed by atoms with van der Waals surface area (Å²) in [5.41, 5.74) is 10.4. The number of hydrazine groups is 1. The van der Waals surface area contributed by atoms with Crippen LogP contribution >= 0.6 is 0 Å². The highest BCUT2D eigenvalue weighted by Crippen LogP contribution is 2.32. The van der Waals surface area contributed by atoms with Gasteiger partial charge in [0.05, 0.1) is 17.5 Å². The molecule has 2 fully saturated rings. The minimum atomic E-state index is 0.0549. The predicted octanol–water partition coefficient (Wildman–Crippen LogP) is 2.15. The Bertz CT molecular complexity index is 1020. The average Bonchev–Trinajstić information content (AvgIpc) is 3.44. The van der Waals surface area contributed by atoms with Crippen LogP contribution in [0.3, 0.4) is 0 Å². The van der Waals surface area contributed by atoms with E-state index in [0.29, 0.717) is 23.4 Å². The molecule has 29 heavy (non-hydrogen) atoms. The summed E-state index contributed by atoms with van der Waals surface area (Å²) in [6.07, 6.45) is 5.55. The maximum Gasteiger partial charge on any atom is 0.257 e. The second kappa shape index (κ2) is 7.57. The van der Waals surface area contributed by atoms with E-state index in [1.54, 1.807) is 16.9 Å². The molecule has 1 aromatic carbocycles. The number of amides is 1. The molecule has 2 aliphatic rings. The maximum atomic E-state index is 13.3. The van der Waals surface area contributed by atoms with E-state index >= 15 is 0 Å². The van der Waals surface area contributed by atoms with Crippen molar-refractivity contribution in [1.29, 1.82) is 0 Å². The van der Waals surface area contributed by atoms with Gasteiger partial charge in [-0.1, -0.05) is 30.3 Å². The number of piperidine rings is 1. The monoisotopic (exact) mass is 390 g/mol. The molecule has 3 atom stereocenters. The summed E-state index contributed by atoms with van der Waals surface area (Å²) in [5, 5.41) is 4.29. The predicted molar refractivity (Wildman–Crippen MR) is 110 cm³/mol. The highest BCUT2D eigenvalue weighted by atomic mass is 16.2. The SMILES string of the molecule is Cc1c(C(=O)N2CCCC(C3NNCC3c3ccccc3)C2)cnc2ccnn12. The fraction of sp³-hybridized carbons (Fsp3) is 0.409. The van der Waals surface area contributed by atoms with Crippen molar-refractivity contribution in [2.75, 3.05) is 19.6 Å². The Morgan fingerprint density at radius 2 is 2.07 bits per heavy atom. The van der Waals surface area contributed by atoms with Crippen LogP contribution in [0.1, 0.15) is 40.4 Å². The highest BCUT2D eigenvalue weighted by molar-refractivity contribution is 5.95. The van der Waals surface area contributed by atoms with Crippen molar-refractivity contribution in [2.24, 2.45) is 5.92 Å². The molecule has 0 radical (unpaired) electrons. The van der Waals surface area contributed by atoms with Crippen molar-refractivity contribution < 1.29 is 4.79 Å². The molecule has 1 amide bonds. The molecule has 0 spiro atoms. The van der Waals surface area contributed by atoms with Gasteiger partial charge in [-0.05, 0) is 31.2 Å². The van der Waals surface area contributed by atoms with Gasteiger partial charge in [0.2, 0.25) is 0 Å². The number of rotatable bonds is 3. The van der Waals surface area contributed by atoms with E-state index in [1.165, 1.54) is 5.56 Å². The molecule has 7 nitrogen and oxygen atoms in total. The quantitative estimate of drug-likeness (QED) is 0.717. The number of hydrogen-bond acceptors (Lipinski definition) is 5. The van der Waals surface area contributed by atoms with E-state index in [0.717, 1.165) is 43.8 Å². The summed E-state index contributed by atoms with van der Waals surface area (Å²) in [6, 6.07) is 12.8. The van der Waals surface area contributed by atoms with Crippen LogP contribution in [0, 0.1) is 12.8 Å². The molecule has 2 saturated heterocycles. The van der Waals surface area contributed by atoms with Crippen LogP contribution in [-0.2, 0) is 0 Å². The highest BCUT2D eigenvalue weighted by Gasteiger charge is 2.38. The summed E-state index contributed by atoms with van der Waals surface area (Å²) in [7, 11) is 0. The van der Waals surface area contributed by atoms with Gasteiger partial charge in [-0.15, -0.1) is 0 Å². The molecular weight excluding hydrogens is 364 g/mol. The van der Waals surface area contributed by atoms with Crippen molar-refractivity contribution in [2.45, 2.75) is 31.7 Å². The Hall–Kier alpha value is -2.77.